The first-order chi connectivity index (χ1) is 13.6. The van der Waals surface area contributed by atoms with Gasteiger partial charge in [-0.25, -0.2) is 0 Å². The molecule has 1 aromatic rings. The molecule has 28 heavy (non-hydrogen) atoms. The van der Waals surface area contributed by atoms with Gasteiger partial charge in [0.05, 0.1) is 20.1 Å². The summed E-state index contributed by atoms with van der Waals surface area (Å²) in [4.78, 5) is 26.7. The number of fused-ring (bicyclic) bond motifs is 2. The van der Waals surface area contributed by atoms with Crippen LogP contribution in [0.1, 0.15) is 37.7 Å². The zero-order valence-electron chi connectivity index (χ0n) is 17.0. The topological polar surface area (TPSA) is 67.9 Å². The number of piperidine rings is 1. The number of likely N-dealkylation sites (tertiary alicyclic amines) is 1. The molecule has 2 fully saturated rings. The van der Waals surface area contributed by atoms with Gasteiger partial charge >= 0.3 is 0 Å². The third kappa shape index (κ3) is 5.25. The van der Waals surface area contributed by atoms with Gasteiger partial charge in [-0.05, 0) is 55.2 Å². The van der Waals surface area contributed by atoms with Crippen LogP contribution in [0.5, 0.6) is 5.75 Å². The van der Waals surface area contributed by atoms with Crippen molar-refractivity contribution in [2.24, 2.45) is 11.8 Å². The summed E-state index contributed by atoms with van der Waals surface area (Å²) in [6, 6.07) is 8.23. The molecule has 1 aliphatic heterocycles. The summed E-state index contributed by atoms with van der Waals surface area (Å²) in [6.07, 6.45) is 4.89. The molecule has 2 unspecified atom stereocenters. The van der Waals surface area contributed by atoms with Crippen LogP contribution in [0.2, 0.25) is 0 Å². The minimum atomic E-state index is 0.134. The Morgan fingerprint density at radius 1 is 1.07 bits per heavy atom. The van der Waals surface area contributed by atoms with Crippen molar-refractivity contribution < 1.29 is 19.1 Å². The highest BCUT2D eigenvalue weighted by atomic mass is 16.5. The van der Waals surface area contributed by atoms with Crippen molar-refractivity contribution in [3.8, 4) is 5.75 Å². The number of benzene rings is 1. The smallest absolute Gasteiger partial charge is 0.224 e. The number of nitrogens with one attached hydrogen (secondary N) is 1. The summed E-state index contributed by atoms with van der Waals surface area (Å²) < 4.78 is 10.2. The van der Waals surface area contributed by atoms with Crippen LogP contribution in [-0.2, 0) is 20.7 Å². The predicted molar refractivity (Wildman–Crippen MR) is 107 cm³/mol. The largest absolute Gasteiger partial charge is 0.497 e. The van der Waals surface area contributed by atoms with E-state index >= 15 is 0 Å². The van der Waals surface area contributed by atoms with E-state index in [1.165, 1.54) is 5.56 Å². The molecule has 1 N–H and O–H groups in total. The summed E-state index contributed by atoms with van der Waals surface area (Å²) in [7, 11) is 3.28. The molecular weight excluding hydrogens is 356 g/mol. The van der Waals surface area contributed by atoms with Crippen molar-refractivity contribution in [2.45, 2.75) is 44.6 Å². The summed E-state index contributed by atoms with van der Waals surface area (Å²) >= 11 is 0. The van der Waals surface area contributed by atoms with E-state index < -0.39 is 0 Å². The third-order valence-corrected chi connectivity index (χ3v) is 6.06. The average molecular weight is 389 g/mol. The van der Waals surface area contributed by atoms with Crippen molar-refractivity contribution in [3.05, 3.63) is 29.8 Å². The molecule has 1 aliphatic carbocycles. The maximum atomic E-state index is 12.4. The van der Waals surface area contributed by atoms with Crippen molar-refractivity contribution in [1.82, 2.24) is 10.2 Å². The second kappa shape index (κ2) is 9.92. The number of hydrogen-bond acceptors (Lipinski definition) is 4. The Bertz CT molecular complexity index is 647. The molecule has 3 rings (SSSR count). The molecule has 154 valence electrons. The molecule has 6 heteroatoms. The number of hydrogen-bond donors (Lipinski definition) is 1. The summed E-state index contributed by atoms with van der Waals surface area (Å²) in [5.41, 5.74) is 1.22. The monoisotopic (exact) mass is 388 g/mol. The molecular formula is C22H32N2O4. The van der Waals surface area contributed by atoms with Crippen LogP contribution < -0.4 is 10.1 Å². The van der Waals surface area contributed by atoms with Crippen LogP contribution in [0.25, 0.3) is 0 Å². The van der Waals surface area contributed by atoms with E-state index in [4.69, 9.17) is 9.47 Å². The normalized spacial score (nSPS) is 23.5. The number of carbonyl (C=O) groups excluding carboxylic acids is 2. The minimum Gasteiger partial charge on any atom is -0.497 e. The van der Waals surface area contributed by atoms with Gasteiger partial charge in [0.1, 0.15) is 5.75 Å². The number of nitrogens with zero attached hydrogens (tertiary/aromatic N) is 1. The highest BCUT2D eigenvalue weighted by Crippen LogP contribution is 2.37. The third-order valence-electron chi connectivity index (χ3n) is 6.06. The van der Waals surface area contributed by atoms with Crippen LogP contribution in [0.15, 0.2) is 24.3 Å². The Balaban J connectivity index is 1.41. The zero-order chi connectivity index (χ0) is 19.9. The molecule has 1 heterocycles. The molecule has 2 amide bonds. The first-order valence-electron chi connectivity index (χ1n) is 10.3. The van der Waals surface area contributed by atoms with Crippen molar-refractivity contribution in [1.29, 1.82) is 0 Å². The molecule has 1 saturated heterocycles. The fourth-order valence-corrected chi connectivity index (χ4v) is 4.51. The Morgan fingerprint density at radius 2 is 1.75 bits per heavy atom. The fraction of sp³-hybridized carbons (Fsp3) is 0.636. The summed E-state index contributed by atoms with van der Waals surface area (Å²) in [5.74, 6) is 1.92. The van der Waals surface area contributed by atoms with Crippen molar-refractivity contribution in [2.75, 3.05) is 33.9 Å². The van der Waals surface area contributed by atoms with E-state index in [2.05, 4.69) is 5.32 Å². The molecule has 0 radical (unpaired) electrons. The average Bonchev–Trinajstić information content (AvgIpc) is 2.93. The van der Waals surface area contributed by atoms with Crippen LogP contribution in [0.4, 0.5) is 0 Å². The Hall–Kier alpha value is -2.08. The molecule has 0 spiro atoms. The highest BCUT2D eigenvalue weighted by molar-refractivity contribution is 5.77. The molecule has 6 nitrogen and oxygen atoms in total. The molecule has 1 aromatic carbocycles. The SMILES string of the molecule is COCCC(=O)N1CC2CCC(C1)C2NC(=O)CCCc1ccc(OC)cc1. The van der Waals surface area contributed by atoms with Gasteiger partial charge in [0.2, 0.25) is 11.8 Å². The number of carbonyl (C=O) groups is 2. The van der Waals surface area contributed by atoms with Gasteiger partial charge in [-0.1, -0.05) is 12.1 Å². The lowest BCUT2D eigenvalue weighted by Gasteiger charge is -2.38. The van der Waals surface area contributed by atoms with Crippen LogP contribution in [-0.4, -0.2) is 56.7 Å². The van der Waals surface area contributed by atoms with Crippen LogP contribution >= 0.6 is 0 Å². The maximum Gasteiger partial charge on any atom is 0.224 e. The van der Waals surface area contributed by atoms with E-state index in [0.29, 0.717) is 31.3 Å². The summed E-state index contributed by atoms with van der Waals surface area (Å²) in [6.45, 7) is 1.99. The maximum absolute atomic E-state index is 12.4. The quantitative estimate of drug-likeness (QED) is 0.705. The van der Waals surface area contributed by atoms with E-state index in [1.54, 1.807) is 14.2 Å². The summed E-state index contributed by atoms with van der Waals surface area (Å²) in [5, 5.41) is 3.27. The van der Waals surface area contributed by atoms with E-state index in [-0.39, 0.29) is 17.9 Å². The minimum absolute atomic E-state index is 0.134. The fourth-order valence-electron chi connectivity index (χ4n) is 4.51. The molecule has 1 saturated carbocycles. The first kappa shape index (κ1) is 20.6. The van der Waals surface area contributed by atoms with Gasteiger partial charge in [0, 0.05) is 32.7 Å². The lowest BCUT2D eigenvalue weighted by atomic mass is 9.91. The Morgan fingerprint density at radius 3 is 2.36 bits per heavy atom. The van der Waals surface area contributed by atoms with Gasteiger partial charge in [0.15, 0.2) is 0 Å². The van der Waals surface area contributed by atoms with Gasteiger partial charge in [-0.2, -0.15) is 0 Å². The second-order valence-electron chi connectivity index (χ2n) is 7.93. The predicted octanol–water partition coefficient (Wildman–Crippen LogP) is 2.41. The number of aryl methyl sites for hydroxylation is 1. The zero-order valence-corrected chi connectivity index (χ0v) is 17.0. The lowest BCUT2D eigenvalue weighted by Crippen LogP contribution is -2.54. The van der Waals surface area contributed by atoms with Crippen LogP contribution in [0.3, 0.4) is 0 Å². The molecule has 0 aromatic heterocycles. The second-order valence-corrected chi connectivity index (χ2v) is 7.93. The van der Waals surface area contributed by atoms with E-state index in [1.807, 2.05) is 29.2 Å². The van der Waals surface area contributed by atoms with Gasteiger partial charge in [-0.15, -0.1) is 0 Å². The van der Waals surface area contributed by atoms with Gasteiger partial charge < -0.3 is 19.7 Å². The standard InChI is InChI=1S/C22H32N2O4/c1-27-13-12-21(26)24-14-17-8-9-18(15-24)22(17)23-20(25)5-3-4-16-6-10-19(28-2)11-7-16/h6-7,10-11,17-18,22H,3-5,8-9,12-15H2,1-2H3,(H,23,25). The van der Waals surface area contributed by atoms with Gasteiger partial charge in [-0.3, -0.25) is 9.59 Å². The first-order valence-corrected chi connectivity index (χ1v) is 10.3. The molecule has 2 atom stereocenters. The van der Waals surface area contributed by atoms with Crippen LogP contribution in [0, 0.1) is 11.8 Å². The van der Waals surface area contributed by atoms with Crippen molar-refractivity contribution >= 4 is 11.8 Å². The number of rotatable bonds is 9. The number of amides is 2. The highest BCUT2D eigenvalue weighted by Gasteiger charge is 2.43. The Kier molecular flexibility index (Phi) is 7.31. The lowest BCUT2D eigenvalue weighted by molar-refractivity contribution is -0.135. The number of methoxy groups -OCH3 is 2. The van der Waals surface area contributed by atoms with Crippen molar-refractivity contribution in [3.63, 3.8) is 0 Å². The molecule has 2 aliphatic rings. The van der Waals surface area contributed by atoms with E-state index in [9.17, 15) is 9.59 Å². The Labute approximate surface area is 167 Å². The molecule has 2 bridgehead atoms. The van der Waals surface area contributed by atoms with Gasteiger partial charge in [0.25, 0.3) is 0 Å². The van der Waals surface area contributed by atoms with E-state index in [0.717, 1.165) is 44.5 Å². The number of ether oxygens (including phenoxy) is 2.